The number of esters is 1. The van der Waals surface area contributed by atoms with E-state index in [1.54, 1.807) is 24.3 Å². The average Bonchev–Trinajstić information content (AvgIpc) is 2.56. The zero-order valence-corrected chi connectivity index (χ0v) is 17.0. The molecule has 0 aromatic heterocycles. The Hall–Kier alpha value is -1.65. The number of carbonyl (C=O) groups excluding carboxylic acids is 1. The second kappa shape index (κ2) is 9.16. The predicted octanol–water partition coefficient (Wildman–Crippen LogP) is 4.33. The molecule has 0 bridgehead atoms. The van der Waals surface area contributed by atoms with Crippen LogP contribution in [0.5, 0.6) is 0 Å². The normalized spacial score (nSPS) is 13.0. The first-order valence-corrected chi connectivity index (χ1v) is 11.4. The molecule has 1 unspecified atom stereocenters. The average molecular weight is 363 g/mol. The molecule has 0 aliphatic rings. The van der Waals surface area contributed by atoms with Gasteiger partial charge in [0.25, 0.3) is 0 Å². The molecule has 5 heteroatoms. The molecule has 0 radical (unpaired) electrons. The van der Waals surface area contributed by atoms with Crippen LogP contribution in [-0.2, 0) is 9.16 Å². The molecule has 1 aromatic carbocycles. The minimum atomic E-state index is -1.90. The molecular formula is C20H30O4Si. The summed E-state index contributed by atoms with van der Waals surface area (Å²) < 4.78 is 11.3. The predicted molar refractivity (Wildman–Crippen MR) is 103 cm³/mol. The summed E-state index contributed by atoms with van der Waals surface area (Å²) in [6.07, 6.45) is -0.353. The molecule has 4 nitrogen and oxygen atoms in total. The summed E-state index contributed by atoms with van der Waals surface area (Å²) in [4.78, 5) is 12.0. The Morgan fingerprint density at radius 3 is 2.40 bits per heavy atom. The fourth-order valence-electron chi connectivity index (χ4n) is 1.86. The quantitative estimate of drug-likeness (QED) is 0.425. The Labute approximate surface area is 152 Å². The van der Waals surface area contributed by atoms with Gasteiger partial charge >= 0.3 is 5.97 Å². The van der Waals surface area contributed by atoms with E-state index >= 15 is 0 Å². The summed E-state index contributed by atoms with van der Waals surface area (Å²) in [5, 5.41) is 10.3. The molecule has 0 heterocycles. The van der Waals surface area contributed by atoms with E-state index in [4.69, 9.17) is 9.16 Å². The molecule has 0 saturated heterocycles. The highest BCUT2D eigenvalue weighted by Gasteiger charge is 2.37. The van der Waals surface area contributed by atoms with Crippen LogP contribution in [0.1, 0.15) is 37.6 Å². The minimum absolute atomic E-state index is 0.0639. The Bertz CT molecular complexity index is 610. The lowest BCUT2D eigenvalue weighted by molar-refractivity contribution is 0.0519. The van der Waals surface area contributed by atoms with Gasteiger partial charge in [-0.15, -0.1) is 5.73 Å². The van der Waals surface area contributed by atoms with E-state index in [0.717, 1.165) is 0 Å². The summed E-state index contributed by atoms with van der Waals surface area (Å²) >= 11 is 0. The lowest BCUT2D eigenvalue weighted by Crippen LogP contribution is -2.42. The number of benzene rings is 1. The van der Waals surface area contributed by atoms with Gasteiger partial charge in [0.2, 0.25) is 0 Å². The third kappa shape index (κ3) is 7.00. The molecule has 0 amide bonds. The lowest BCUT2D eigenvalue weighted by Gasteiger charge is -2.36. The van der Waals surface area contributed by atoms with E-state index < -0.39 is 20.4 Å². The number of carbonyl (C=O) groups is 1. The zero-order chi connectivity index (χ0) is 19.1. The molecule has 1 N–H and O–H groups in total. The Morgan fingerprint density at radius 1 is 1.28 bits per heavy atom. The molecule has 0 saturated carbocycles. The summed E-state index contributed by atoms with van der Waals surface area (Å²) in [6.45, 7) is 14.7. The molecule has 25 heavy (non-hydrogen) atoms. The smallest absolute Gasteiger partial charge is 0.338 e. The molecular weight excluding hydrogens is 332 g/mol. The number of rotatable bonds is 8. The van der Waals surface area contributed by atoms with Crippen molar-refractivity contribution in [3.8, 4) is 0 Å². The standard InChI is InChI=1S/C20H30O4Si/c1-7-16(14-23-19(22)17-11-9-8-10-12-17)13-18(21)15-24-25(5,6)20(2,3)4/h8-12,18,21H,1,13-15H2,2-6H3. The van der Waals surface area contributed by atoms with Gasteiger partial charge in [-0.25, -0.2) is 4.79 Å². The van der Waals surface area contributed by atoms with Crippen LogP contribution in [0.4, 0.5) is 0 Å². The number of hydrogen-bond donors (Lipinski definition) is 1. The highest BCUT2D eigenvalue weighted by Crippen LogP contribution is 2.36. The van der Waals surface area contributed by atoms with Crippen molar-refractivity contribution in [1.82, 2.24) is 0 Å². The second-order valence-corrected chi connectivity index (χ2v) is 12.5. The molecule has 0 spiro atoms. The summed E-state index contributed by atoms with van der Waals surface area (Å²) in [6, 6.07) is 8.79. The van der Waals surface area contributed by atoms with E-state index in [1.165, 1.54) is 0 Å². The van der Waals surface area contributed by atoms with Crippen molar-refractivity contribution >= 4 is 14.3 Å². The number of hydrogen-bond acceptors (Lipinski definition) is 4. The fraction of sp³-hybridized carbons (Fsp3) is 0.500. The van der Waals surface area contributed by atoms with E-state index in [2.05, 4.69) is 46.2 Å². The van der Waals surface area contributed by atoms with Gasteiger partial charge in [-0.1, -0.05) is 45.5 Å². The summed E-state index contributed by atoms with van der Waals surface area (Å²) in [5.41, 5.74) is 3.89. The molecule has 1 rings (SSSR count). The highest BCUT2D eigenvalue weighted by atomic mass is 28.4. The Balaban J connectivity index is 2.48. The number of aliphatic hydroxyl groups excluding tert-OH is 1. The SMILES string of the molecule is C=C=C(COC(=O)c1ccccc1)CC(O)CO[Si](C)(C)C(C)(C)C. The third-order valence-electron chi connectivity index (χ3n) is 4.56. The minimum Gasteiger partial charge on any atom is -0.457 e. The van der Waals surface area contributed by atoms with Crippen molar-refractivity contribution in [2.24, 2.45) is 0 Å². The highest BCUT2D eigenvalue weighted by molar-refractivity contribution is 6.74. The summed E-state index contributed by atoms with van der Waals surface area (Å²) in [5.74, 6) is -0.402. The van der Waals surface area contributed by atoms with Gasteiger partial charge in [0, 0.05) is 12.0 Å². The maximum absolute atomic E-state index is 12.0. The van der Waals surface area contributed by atoms with Crippen molar-refractivity contribution in [3.05, 3.63) is 53.8 Å². The van der Waals surface area contributed by atoms with Gasteiger partial charge in [0.05, 0.1) is 18.3 Å². The Morgan fingerprint density at radius 2 is 1.88 bits per heavy atom. The van der Waals surface area contributed by atoms with Crippen LogP contribution in [0, 0.1) is 0 Å². The van der Waals surface area contributed by atoms with Crippen LogP contribution in [-0.4, -0.2) is 38.7 Å². The first-order chi connectivity index (χ1) is 11.6. The maximum atomic E-state index is 12.0. The number of ether oxygens (including phenoxy) is 1. The lowest BCUT2D eigenvalue weighted by atomic mass is 10.1. The van der Waals surface area contributed by atoms with Crippen LogP contribution < -0.4 is 0 Å². The van der Waals surface area contributed by atoms with Gasteiger partial charge in [-0.2, -0.15) is 0 Å². The Kier molecular flexibility index (Phi) is 7.84. The fourth-order valence-corrected chi connectivity index (χ4v) is 2.90. The van der Waals surface area contributed by atoms with E-state index in [1.807, 2.05) is 6.07 Å². The van der Waals surface area contributed by atoms with Gasteiger partial charge < -0.3 is 14.3 Å². The van der Waals surface area contributed by atoms with Crippen LogP contribution in [0.25, 0.3) is 0 Å². The topological polar surface area (TPSA) is 55.8 Å². The van der Waals surface area contributed by atoms with Gasteiger partial charge in [-0.3, -0.25) is 0 Å². The maximum Gasteiger partial charge on any atom is 0.338 e. The second-order valence-electron chi connectivity index (χ2n) is 7.65. The van der Waals surface area contributed by atoms with Crippen molar-refractivity contribution in [2.45, 2.75) is 51.4 Å². The zero-order valence-electron chi connectivity index (χ0n) is 16.0. The largest absolute Gasteiger partial charge is 0.457 e. The van der Waals surface area contributed by atoms with Crippen molar-refractivity contribution in [2.75, 3.05) is 13.2 Å². The first-order valence-electron chi connectivity index (χ1n) is 8.49. The van der Waals surface area contributed by atoms with E-state index in [9.17, 15) is 9.90 Å². The van der Waals surface area contributed by atoms with Crippen LogP contribution in [0.2, 0.25) is 18.1 Å². The van der Waals surface area contributed by atoms with Gasteiger partial charge in [-0.05, 0) is 30.3 Å². The van der Waals surface area contributed by atoms with Crippen LogP contribution in [0.3, 0.4) is 0 Å². The van der Waals surface area contributed by atoms with Crippen LogP contribution >= 0.6 is 0 Å². The molecule has 0 fully saturated rings. The number of aliphatic hydroxyl groups is 1. The van der Waals surface area contributed by atoms with Gasteiger partial charge in [0.15, 0.2) is 8.32 Å². The van der Waals surface area contributed by atoms with E-state index in [0.29, 0.717) is 17.6 Å². The van der Waals surface area contributed by atoms with Crippen LogP contribution in [0.15, 0.2) is 48.2 Å². The van der Waals surface area contributed by atoms with E-state index in [-0.39, 0.29) is 18.3 Å². The molecule has 1 aromatic rings. The molecule has 138 valence electrons. The molecule has 0 aliphatic heterocycles. The molecule has 0 aliphatic carbocycles. The van der Waals surface area contributed by atoms with Crippen molar-refractivity contribution < 1.29 is 19.1 Å². The van der Waals surface area contributed by atoms with Crippen molar-refractivity contribution in [3.63, 3.8) is 0 Å². The summed E-state index contributed by atoms with van der Waals surface area (Å²) in [7, 11) is -1.90. The third-order valence-corrected chi connectivity index (χ3v) is 9.06. The first kappa shape index (κ1) is 21.4. The van der Waals surface area contributed by atoms with Gasteiger partial charge in [0.1, 0.15) is 6.61 Å². The monoisotopic (exact) mass is 362 g/mol. The molecule has 1 atom stereocenters. The van der Waals surface area contributed by atoms with Crippen molar-refractivity contribution in [1.29, 1.82) is 0 Å².